The number of benzene rings is 1. The van der Waals surface area contributed by atoms with Crippen LogP contribution in [-0.4, -0.2) is 51.1 Å². The van der Waals surface area contributed by atoms with Crippen molar-refractivity contribution in [1.82, 2.24) is 10.6 Å². The second-order valence-electron chi connectivity index (χ2n) is 5.21. The average molecular weight is 318 g/mol. The molecule has 1 atom stereocenters. The Labute approximate surface area is 135 Å². The Bertz CT molecular complexity index is 574. The molecule has 1 heterocycles. The molecule has 2 rings (SSSR count). The second kappa shape index (κ2) is 8.17. The number of ether oxygens (including phenoxy) is 1. The number of nitrogens with zero attached hydrogens (tertiary/aromatic N) is 2. The van der Waals surface area contributed by atoms with Gasteiger partial charge in [-0.05, 0) is 12.1 Å². The number of nitrogens with one attached hydrogen (secondary N) is 2. The number of rotatable bonds is 5. The summed E-state index contributed by atoms with van der Waals surface area (Å²) >= 11 is 0. The first-order valence-corrected chi connectivity index (χ1v) is 7.53. The second-order valence-corrected chi connectivity index (χ2v) is 5.21. The molecule has 1 fully saturated rings. The van der Waals surface area contributed by atoms with Gasteiger partial charge >= 0.3 is 5.97 Å². The molecule has 0 radical (unpaired) electrons. The number of guanidine groups is 1. The lowest BCUT2D eigenvalue weighted by atomic mass is 10.2. The quantitative estimate of drug-likeness (QED) is 0.470. The predicted molar refractivity (Wildman–Crippen MR) is 88.3 cm³/mol. The fourth-order valence-corrected chi connectivity index (χ4v) is 2.43. The van der Waals surface area contributed by atoms with E-state index in [-0.39, 0.29) is 24.3 Å². The van der Waals surface area contributed by atoms with E-state index in [1.54, 1.807) is 11.9 Å². The fourth-order valence-electron chi connectivity index (χ4n) is 2.43. The molecule has 0 aromatic heterocycles. The minimum atomic E-state index is -0.278. The maximum atomic E-state index is 12.2. The molecular formula is C16H22N4O3. The predicted octanol–water partition coefficient (Wildman–Crippen LogP) is 0.520. The lowest BCUT2D eigenvalue weighted by molar-refractivity contribution is -0.140. The summed E-state index contributed by atoms with van der Waals surface area (Å²) < 4.78 is 4.59. The highest BCUT2D eigenvalue weighted by molar-refractivity contribution is 5.97. The molecular weight excluding hydrogens is 296 g/mol. The van der Waals surface area contributed by atoms with Gasteiger partial charge in [0.05, 0.1) is 19.6 Å². The molecule has 7 heteroatoms. The first-order valence-electron chi connectivity index (χ1n) is 7.53. The minimum Gasteiger partial charge on any atom is -0.469 e. The van der Waals surface area contributed by atoms with Crippen LogP contribution in [0.25, 0.3) is 0 Å². The molecule has 0 bridgehead atoms. The van der Waals surface area contributed by atoms with E-state index in [0.717, 1.165) is 5.69 Å². The van der Waals surface area contributed by atoms with Crippen molar-refractivity contribution in [1.29, 1.82) is 0 Å². The molecule has 0 aliphatic carbocycles. The number of anilines is 1. The summed E-state index contributed by atoms with van der Waals surface area (Å²) in [4.78, 5) is 29.1. The lowest BCUT2D eigenvalue weighted by Gasteiger charge is -2.18. The molecule has 1 aliphatic heterocycles. The number of esters is 1. The number of hydrogen-bond donors (Lipinski definition) is 2. The monoisotopic (exact) mass is 318 g/mol. The van der Waals surface area contributed by atoms with Crippen LogP contribution in [0.1, 0.15) is 12.8 Å². The molecule has 1 aromatic rings. The van der Waals surface area contributed by atoms with Gasteiger partial charge in [-0.25, -0.2) is 0 Å². The van der Waals surface area contributed by atoms with Gasteiger partial charge < -0.3 is 20.3 Å². The van der Waals surface area contributed by atoms with Gasteiger partial charge in [-0.1, -0.05) is 18.2 Å². The number of para-hydroxylation sites is 1. The van der Waals surface area contributed by atoms with Crippen molar-refractivity contribution in [3.63, 3.8) is 0 Å². The van der Waals surface area contributed by atoms with Crippen LogP contribution in [0.5, 0.6) is 0 Å². The third-order valence-electron chi connectivity index (χ3n) is 3.61. The number of carbonyl (C=O) groups is 2. The highest BCUT2D eigenvalue weighted by Crippen LogP contribution is 2.20. The first-order chi connectivity index (χ1) is 11.1. The van der Waals surface area contributed by atoms with Gasteiger partial charge in [0.1, 0.15) is 0 Å². The molecule has 1 saturated heterocycles. The molecule has 124 valence electrons. The summed E-state index contributed by atoms with van der Waals surface area (Å²) in [6.07, 6.45) is 0.670. The molecule has 1 aliphatic rings. The molecule has 1 unspecified atom stereocenters. The maximum Gasteiger partial charge on any atom is 0.307 e. The third kappa shape index (κ3) is 4.70. The van der Waals surface area contributed by atoms with E-state index >= 15 is 0 Å². The normalized spacial score (nSPS) is 18.0. The molecule has 2 N–H and O–H groups in total. The standard InChI is InChI=1S/C16H22N4O3/c1-17-16(18-9-8-15(22)23-2)19-12-10-14(21)20(11-12)13-6-4-3-5-7-13/h3-7,12H,8-11H2,1-2H3,(H2,17,18,19). The van der Waals surface area contributed by atoms with Crippen molar-refractivity contribution in [3.8, 4) is 0 Å². The minimum absolute atomic E-state index is 0.0213. The zero-order chi connectivity index (χ0) is 16.7. The van der Waals surface area contributed by atoms with Crippen molar-refractivity contribution in [3.05, 3.63) is 30.3 Å². The number of aliphatic imine (C=N–C) groups is 1. The molecule has 0 saturated carbocycles. The van der Waals surface area contributed by atoms with Gasteiger partial charge in [0.2, 0.25) is 5.91 Å². The third-order valence-corrected chi connectivity index (χ3v) is 3.61. The van der Waals surface area contributed by atoms with Gasteiger partial charge in [0.25, 0.3) is 0 Å². The first kappa shape index (κ1) is 16.8. The number of methoxy groups -OCH3 is 1. The fraction of sp³-hybridized carbons (Fsp3) is 0.438. The Hall–Kier alpha value is -2.57. The highest BCUT2D eigenvalue weighted by Gasteiger charge is 2.30. The molecule has 1 amide bonds. The van der Waals surface area contributed by atoms with Crippen LogP contribution in [0.4, 0.5) is 5.69 Å². The Morgan fingerprint density at radius 1 is 1.39 bits per heavy atom. The van der Waals surface area contributed by atoms with E-state index in [0.29, 0.717) is 25.5 Å². The van der Waals surface area contributed by atoms with Crippen molar-refractivity contribution in [2.75, 3.05) is 32.1 Å². The largest absolute Gasteiger partial charge is 0.469 e. The van der Waals surface area contributed by atoms with Crippen molar-refractivity contribution < 1.29 is 14.3 Å². The van der Waals surface area contributed by atoms with Gasteiger partial charge in [-0.2, -0.15) is 0 Å². The molecule has 0 spiro atoms. The number of carbonyl (C=O) groups excluding carboxylic acids is 2. The van der Waals surface area contributed by atoms with Crippen LogP contribution in [0, 0.1) is 0 Å². The van der Waals surface area contributed by atoms with Crippen LogP contribution >= 0.6 is 0 Å². The van der Waals surface area contributed by atoms with E-state index < -0.39 is 0 Å². The average Bonchev–Trinajstić information content (AvgIpc) is 2.94. The Morgan fingerprint density at radius 2 is 2.13 bits per heavy atom. The zero-order valence-corrected chi connectivity index (χ0v) is 13.4. The lowest BCUT2D eigenvalue weighted by Crippen LogP contribution is -2.45. The van der Waals surface area contributed by atoms with Crippen molar-refractivity contribution >= 4 is 23.5 Å². The van der Waals surface area contributed by atoms with Crippen LogP contribution in [-0.2, 0) is 14.3 Å². The van der Waals surface area contributed by atoms with Gasteiger partial charge in [-0.15, -0.1) is 0 Å². The number of hydrogen-bond acceptors (Lipinski definition) is 4. The van der Waals surface area contributed by atoms with E-state index in [4.69, 9.17) is 0 Å². The molecule has 1 aromatic carbocycles. The highest BCUT2D eigenvalue weighted by atomic mass is 16.5. The van der Waals surface area contributed by atoms with Gasteiger partial charge in [0.15, 0.2) is 5.96 Å². The van der Waals surface area contributed by atoms with Gasteiger partial charge in [0, 0.05) is 32.2 Å². The summed E-state index contributed by atoms with van der Waals surface area (Å²) in [5.41, 5.74) is 0.899. The van der Waals surface area contributed by atoms with Crippen LogP contribution < -0.4 is 15.5 Å². The summed E-state index contributed by atoms with van der Waals surface area (Å²) in [6.45, 7) is 1.01. The van der Waals surface area contributed by atoms with E-state index in [1.165, 1.54) is 7.11 Å². The smallest absolute Gasteiger partial charge is 0.307 e. The number of amides is 1. The summed E-state index contributed by atoms with van der Waals surface area (Å²) in [7, 11) is 3.01. The van der Waals surface area contributed by atoms with E-state index in [2.05, 4.69) is 20.4 Å². The summed E-state index contributed by atoms with van der Waals surface area (Å²) in [5, 5.41) is 6.25. The SMILES string of the molecule is CN=C(NCCC(=O)OC)NC1CC(=O)N(c2ccccc2)C1. The topological polar surface area (TPSA) is 83.0 Å². The van der Waals surface area contributed by atoms with Crippen LogP contribution in [0.2, 0.25) is 0 Å². The Morgan fingerprint density at radius 3 is 2.78 bits per heavy atom. The Kier molecular flexibility index (Phi) is 5.96. The summed E-state index contributed by atoms with van der Waals surface area (Å²) in [5.74, 6) is 0.375. The van der Waals surface area contributed by atoms with E-state index in [9.17, 15) is 9.59 Å². The van der Waals surface area contributed by atoms with E-state index in [1.807, 2.05) is 30.3 Å². The zero-order valence-electron chi connectivity index (χ0n) is 13.4. The van der Waals surface area contributed by atoms with Crippen LogP contribution in [0.3, 0.4) is 0 Å². The van der Waals surface area contributed by atoms with Gasteiger partial charge in [-0.3, -0.25) is 14.6 Å². The van der Waals surface area contributed by atoms with Crippen LogP contribution in [0.15, 0.2) is 35.3 Å². The maximum absolute atomic E-state index is 12.2. The summed E-state index contributed by atoms with van der Waals surface area (Å²) in [6, 6.07) is 9.57. The van der Waals surface area contributed by atoms with Crippen molar-refractivity contribution in [2.45, 2.75) is 18.9 Å². The molecule has 7 nitrogen and oxygen atoms in total. The molecule has 23 heavy (non-hydrogen) atoms. The van der Waals surface area contributed by atoms with Crippen molar-refractivity contribution in [2.24, 2.45) is 4.99 Å². The Balaban J connectivity index is 1.86.